The van der Waals surface area contributed by atoms with Gasteiger partial charge < -0.3 is 14.4 Å². The van der Waals surface area contributed by atoms with Crippen molar-refractivity contribution in [3.05, 3.63) is 179 Å². The van der Waals surface area contributed by atoms with Crippen LogP contribution in [0.25, 0.3) is 22.5 Å². The van der Waals surface area contributed by atoms with E-state index in [0.717, 1.165) is 51.2 Å². The van der Waals surface area contributed by atoms with E-state index in [1.165, 1.54) is 0 Å². The molecule has 0 atom stereocenters. The van der Waals surface area contributed by atoms with Crippen LogP contribution in [-0.2, 0) is 29.8 Å². The third kappa shape index (κ3) is 6.31. The van der Waals surface area contributed by atoms with E-state index in [-0.39, 0.29) is 13.2 Å². The van der Waals surface area contributed by atoms with E-state index in [0.29, 0.717) is 30.2 Å². The summed E-state index contributed by atoms with van der Waals surface area (Å²) in [6.45, 7) is 4.13. The topological polar surface area (TPSA) is 108 Å². The quantitative estimate of drug-likeness (QED) is 0.0977. The molecule has 0 bridgehead atoms. The summed E-state index contributed by atoms with van der Waals surface area (Å²) >= 11 is 0. The van der Waals surface area contributed by atoms with Crippen LogP contribution in [-0.4, -0.2) is 47.4 Å². The van der Waals surface area contributed by atoms with E-state index in [9.17, 15) is 9.90 Å². The summed E-state index contributed by atoms with van der Waals surface area (Å²) in [6, 6.07) is 47.5. The summed E-state index contributed by atoms with van der Waals surface area (Å²) in [5, 5.41) is 23.8. The molecule has 0 saturated carbocycles. The molecule has 0 spiro atoms. The van der Waals surface area contributed by atoms with Gasteiger partial charge in [-0.2, -0.15) is 0 Å². The van der Waals surface area contributed by atoms with Crippen molar-refractivity contribution in [2.24, 2.45) is 0 Å². The molecule has 52 heavy (non-hydrogen) atoms. The number of ether oxygens (including phenoxy) is 1. The number of rotatable bonds is 13. The molecule has 0 saturated heterocycles. The van der Waals surface area contributed by atoms with Crippen molar-refractivity contribution < 1.29 is 14.6 Å². The Kier molecular flexibility index (Phi) is 10.1. The second kappa shape index (κ2) is 15.4. The van der Waals surface area contributed by atoms with Crippen molar-refractivity contribution in [1.82, 2.24) is 29.8 Å². The predicted octanol–water partition coefficient (Wildman–Crippen LogP) is 7.71. The number of aliphatic hydroxyl groups excluding tert-OH is 1. The number of imidazole rings is 1. The number of tetrazole rings is 1. The summed E-state index contributed by atoms with van der Waals surface area (Å²) in [5.74, 6) is 0.881. The maximum atomic E-state index is 13.0. The molecular weight excluding hydrogens is 649 g/mol. The first-order chi connectivity index (χ1) is 25.6. The number of hydrogen-bond acceptors (Lipinski definition) is 7. The fourth-order valence-electron chi connectivity index (χ4n) is 7.06. The van der Waals surface area contributed by atoms with Crippen molar-refractivity contribution in [3.63, 3.8) is 0 Å². The molecule has 0 fully saturated rings. The molecule has 2 aromatic heterocycles. The smallest absolute Gasteiger partial charge is 0.357 e. The van der Waals surface area contributed by atoms with Gasteiger partial charge in [-0.15, -0.1) is 5.10 Å². The van der Waals surface area contributed by atoms with E-state index >= 15 is 0 Å². The van der Waals surface area contributed by atoms with Gasteiger partial charge in [-0.3, -0.25) is 0 Å². The molecular formula is C43H40N6O3. The normalized spacial score (nSPS) is 11.4. The lowest BCUT2D eigenvalue weighted by molar-refractivity contribution is 0.0510. The van der Waals surface area contributed by atoms with Crippen LogP contribution in [0, 0.1) is 0 Å². The van der Waals surface area contributed by atoms with Crippen LogP contribution in [0.1, 0.15) is 64.5 Å². The van der Waals surface area contributed by atoms with Gasteiger partial charge in [-0.25, -0.2) is 14.5 Å². The molecule has 9 nitrogen and oxygen atoms in total. The van der Waals surface area contributed by atoms with E-state index in [2.05, 4.69) is 89.9 Å². The monoisotopic (exact) mass is 688 g/mol. The van der Waals surface area contributed by atoms with Gasteiger partial charge in [0.05, 0.1) is 18.9 Å². The Hall–Kier alpha value is -6.19. The molecule has 0 aliphatic heterocycles. The predicted molar refractivity (Wildman–Crippen MR) is 200 cm³/mol. The number of benzene rings is 5. The fraction of sp³-hybridized carbons (Fsp3) is 0.186. The van der Waals surface area contributed by atoms with Crippen LogP contribution >= 0.6 is 0 Å². The second-order valence-corrected chi connectivity index (χ2v) is 12.5. The molecule has 260 valence electrons. The second-order valence-electron chi connectivity index (χ2n) is 12.5. The first kappa shape index (κ1) is 34.3. The highest BCUT2D eigenvalue weighted by molar-refractivity contribution is 5.89. The molecule has 2 heterocycles. The molecule has 5 aromatic carbocycles. The van der Waals surface area contributed by atoms with Gasteiger partial charge in [-0.1, -0.05) is 146 Å². The Bertz CT molecular complexity index is 2150. The zero-order chi connectivity index (χ0) is 35.9. The Morgan fingerprint density at radius 2 is 1.29 bits per heavy atom. The highest BCUT2D eigenvalue weighted by Gasteiger charge is 2.42. The van der Waals surface area contributed by atoms with Crippen molar-refractivity contribution in [2.45, 2.75) is 45.4 Å². The Morgan fingerprint density at radius 3 is 1.83 bits per heavy atom. The highest BCUT2D eigenvalue weighted by atomic mass is 16.5. The Labute approximate surface area is 303 Å². The van der Waals surface area contributed by atoms with Gasteiger partial charge in [0, 0.05) is 18.5 Å². The molecule has 0 unspecified atom stereocenters. The number of aromatic nitrogens is 6. The van der Waals surface area contributed by atoms with Crippen LogP contribution in [0.4, 0.5) is 0 Å². The van der Waals surface area contributed by atoms with Crippen molar-refractivity contribution in [2.75, 3.05) is 6.61 Å². The summed E-state index contributed by atoms with van der Waals surface area (Å²) in [4.78, 5) is 17.6. The van der Waals surface area contributed by atoms with Gasteiger partial charge in [0.2, 0.25) is 0 Å². The number of aliphatic hydroxyl groups is 1. The first-order valence-electron chi connectivity index (χ1n) is 17.6. The third-order valence-corrected chi connectivity index (χ3v) is 9.35. The molecule has 0 radical (unpaired) electrons. The van der Waals surface area contributed by atoms with E-state index in [1.54, 1.807) is 6.92 Å². The number of esters is 1. The molecule has 7 rings (SSSR count). The Balaban J connectivity index is 1.33. The van der Waals surface area contributed by atoms with Crippen LogP contribution in [0.3, 0.4) is 0 Å². The molecule has 0 aliphatic rings. The lowest BCUT2D eigenvalue weighted by Crippen LogP contribution is -2.39. The average molecular weight is 689 g/mol. The first-order valence-corrected chi connectivity index (χ1v) is 17.6. The lowest BCUT2D eigenvalue weighted by atomic mass is 9.77. The van der Waals surface area contributed by atoms with Crippen LogP contribution in [0.15, 0.2) is 140 Å². The minimum atomic E-state index is -0.884. The zero-order valence-electron chi connectivity index (χ0n) is 29.3. The lowest BCUT2D eigenvalue weighted by Gasteiger charge is -2.36. The fourth-order valence-corrected chi connectivity index (χ4v) is 7.06. The minimum absolute atomic E-state index is 0.235. The molecule has 0 aliphatic carbocycles. The maximum Gasteiger partial charge on any atom is 0.357 e. The third-order valence-electron chi connectivity index (χ3n) is 9.35. The summed E-state index contributed by atoms with van der Waals surface area (Å²) < 4.78 is 9.18. The van der Waals surface area contributed by atoms with Gasteiger partial charge in [-0.05, 0) is 57.2 Å². The summed E-state index contributed by atoms with van der Waals surface area (Å²) in [7, 11) is 0. The van der Waals surface area contributed by atoms with Crippen molar-refractivity contribution >= 4 is 5.97 Å². The van der Waals surface area contributed by atoms with E-state index in [4.69, 9.17) is 15.0 Å². The van der Waals surface area contributed by atoms with Gasteiger partial charge in [0.25, 0.3) is 0 Å². The zero-order valence-corrected chi connectivity index (χ0v) is 29.3. The van der Waals surface area contributed by atoms with Crippen LogP contribution < -0.4 is 0 Å². The SMILES string of the molecule is CCCc1nc(CO)c(C(=O)OCC)n1Cc1ccc(-c2ccccc2-c2nnnn2C(c2ccccc2)(c2ccccc2)c2ccccc2)cc1. The Morgan fingerprint density at radius 1 is 0.731 bits per heavy atom. The van der Waals surface area contributed by atoms with Gasteiger partial charge >= 0.3 is 5.97 Å². The number of hydrogen-bond donors (Lipinski definition) is 1. The molecule has 7 aromatic rings. The minimum Gasteiger partial charge on any atom is -0.461 e. The number of carbonyl (C=O) groups excluding carboxylic acids is 1. The summed E-state index contributed by atoms with van der Waals surface area (Å²) in [5.41, 5.74) is 6.64. The number of aryl methyl sites for hydroxylation is 1. The largest absolute Gasteiger partial charge is 0.461 e. The molecule has 0 amide bonds. The van der Waals surface area contributed by atoms with Crippen LogP contribution in [0.5, 0.6) is 0 Å². The number of nitrogens with zero attached hydrogens (tertiary/aromatic N) is 6. The standard InChI is InChI=1S/C43H40N6O3/c1-3-16-39-44-38(30-50)40(42(51)52-4-2)48(39)29-31-25-27-32(28-26-31)36-23-14-15-24-37(36)41-45-46-47-49(41)43(33-17-8-5-9-18-33,34-19-10-6-11-20-34)35-21-12-7-13-22-35/h5-15,17-28,50H,3-4,16,29-30H2,1-2H3. The van der Waals surface area contributed by atoms with Crippen molar-refractivity contribution in [3.8, 4) is 22.5 Å². The highest BCUT2D eigenvalue weighted by Crippen LogP contribution is 2.43. The van der Waals surface area contributed by atoms with E-state index in [1.807, 2.05) is 76.0 Å². The van der Waals surface area contributed by atoms with Gasteiger partial charge in [0.1, 0.15) is 11.4 Å². The molecule has 9 heteroatoms. The van der Waals surface area contributed by atoms with Crippen molar-refractivity contribution in [1.29, 1.82) is 0 Å². The number of carbonyl (C=O) groups is 1. The maximum absolute atomic E-state index is 13.0. The van der Waals surface area contributed by atoms with Gasteiger partial charge in [0.15, 0.2) is 11.5 Å². The molecule has 1 N–H and O–H groups in total. The van der Waals surface area contributed by atoms with Crippen LogP contribution in [0.2, 0.25) is 0 Å². The summed E-state index contributed by atoms with van der Waals surface area (Å²) in [6.07, 6.45) is 1.52. The van der Waals surface area contributed by atoms with E-state index < -0.39 is 11.5 Å². The average Bonchev–Trinajstić information content (AvgIpc) is 3.82.